The lowest BCUT2D eigenvalue weighted by Gasteiger charge is -2.24. The number of carbonyl (C=O) groups is 1. The van der Waals surface area contributed by atoms with E-state index in [2.05, 4.69) is 44.7 Å². The Balaban J connectivity index is 2.73. The van der Waals surface area contributed by atoms with Crippen molar-refractivity contribution in [3.8, 4) is 0 Å². The third-order valence-electron chi connectivity index (χ3n) is 2.90. The highest BCUT2D eigenvalue weighted by Crippen LogP contribution is 2.26. The average Bonchev–Trinajstić information content (AvgIpc) is 2.74. The van der Waals surface area contributed by atoms with Crippen LogP contribution in [0.4, 0.5) is 0 Å². The van der Waals surface area contributed by atoms with Gasteiger partial charge in [0.05, 0.1) is 5.69 Å². The normalized spacial score (nSPS) is 12.5. The summed E-state index contributed by atoms with van der Waals surface area (Å²) >= 11 is 4.60. The van der Waals surface area contributed by atoms with Crippen LogP contribution in [0.15, 0.2) is 0 Å². The van der Waals surface area contributed by atoms with Crippen molar-refractivity contribution < 1.29 is 4.79 Å². The zero-order valence-electron chi connectivity index (χ0n) is 12.2. The van der Waals surface area contributed by atoms with E-state index in [1.807, 2.05) is 20.8 Å². The summed E-state index contributed by atoms with van der Waals surface area (Å²) in [7, 11) is 0. The van der Waals surface area contributed by atoms with Crippen LogP contribution in [0.3, 0.4) is 0 Å². The first kappa shape index (κ1) is 16.6. The van der Waals surface area contributed by atoms with Gasteiger partial charge >= 0.3 is 0 Å². The lowest BCUT2D eigenvalue weighted by molar-refractivity contribution is 0.0937. The SMILES string of the molecule is CC(C)(CCBr)CNC(=O)c1snnc1C(C)(C)C. The Morgan fingerprint density at radius 2 is 1.95 bits per heavy atom. The Hall–Kier alpha value is -0.490. The summed E-state index contributed by atoms with van der Waals surface area (Å²) < 4.78 is 3.91. The predicted molar refractivity (Wildman–Crippen MR) is 83.1 cm³/mol. The minimum absolute atomic E-state index is 0.0671. The summed E-state index contributed by atoms with van der Waals surface area (Å²) in [5.74, 6) is -0.0671. The third-order valence-corrected chi connectivity index (χ3v) is 4.02. The molecule has 1 rings (SSSR count). The third kappa shape index (κ3) is 4.84. The molecule has 1 N–H and O–H groups in total. The molecular formula is C13H22BrN3OS. The Labute approximate surface area is 127 Å². The van der Waals surface area contributed by atoms with Crippen molar-refractivity contribution in [1.29, 1.82) is 0 Å². The standard InChI is InChI=1S/C13H22BrN3OS/c1-12(2,3)10-9(19-17-16-10)11(18)15-8-13(4,5)6-7-14/h6-8H2,1-5H3,(H,15,18). The number of amides is 1. The van der Waals surface area contributed by atoms with E-state index >= 15 is 0 Å². The zero-order valence-corrected chi connectivity index (χ0v) is 14.6. The van der Waals surface area contributed by atoms with Gasteiger partial charge in [0.1, 0.15) is 4.88 Å². The lowest BCUT2D eigenvalue weighted by atomic mass is 9.89. The van der Waals surface area contributed by atoms with Gasteiger partial charge < -0.3 is 5.32 Å². The number of alkyl halides is 1. The van der Waals surface area contributed by atoms with Crippen LogP contribution in [0.2, 0.25) is 0 Å². The molecule has 0 saturated heterocycles. The molecule has 0 aromatic carbocycles. The van der Waals surface area contributed by atoms with Gasteiger partial charge in [-0.2, -0.15) is 0 Å². The minimum Gasteiger partial charge on any atom is -0.351 e. The molecule has 1 aromatic rings. The van der Waals surface area contributed by atoms with E-state index in [-0.39, 0.29) is 16.7 Å². The summed E-state index contributed by atoms with van der Waals surface area (Å²) in [6, 6.07) is 0. The second-order valence-corrected chi connectivity index (χ2v) is 8.03. The molecule has 0 aliphatic rings. The first-order valence-electron chi connectivity index (χ1n) is 6.34. The van der Waals surface area contributed by atoms with E-state index in [0.717, 1.165) is 17.4 Å². The first-order chi connectivity index (χ1) is 8.67. The van der Waals surface area contributed by atoms with Gasteiger partial charge in [0.15, 0.2) is 0 Å². The van der Waals surface area contributed by atoms with Crippen molar-refractivity contribution in [3.63, 3.8) is 0 Å². The van der Waals surface area contributed by atoms with Gasteiger partial charge in [0.25, 0.3) is 5.91 Å². The Morgan fingerprint density at radius 3 is 2.47 bits per heavy atom. The molecule has 0 aliphatic carbocycles. The molecule has 4 nitrogen and oxygen atoms in total. The molecule has 0 atom stereocenters. The van der Waals surface area contributed by atoms with Crippen molar-refractivity contribution >= 4 is 33.4 Å². The maximum Gasteiger partial charge on any atom is 0.264 e. The number of nitrogens with one attached hydrogen (secondary N) is 1. The number of carbonyl (C=O) groups excluding carboxylic acids is 1. The number of hydrogen-bond donors (Lipinski definition) is 1. The first-order valence-corrected chi connectivity index (χ1v) is 8.24. The van der Waals surface area contributed by atoms with Crippen molar-refractivity contribution in [3.05, 3.63) is 10.6 Å². The summed E-state index contributed by atoms with van der Waals surface area (Å²) in [6.07, 6.45) is 1.01. The molecule has 1 amide bonds. The van der Waals surface area contributed by atoms with Crippen molar-refractivity contribution in [2.75, 3.05) is 11.9 Å². The van der Waals surface area contributed by atoms with Crippen LogP contribution in [0.1, 0.15) is 56.4 Å². The topological polar surface area (TPSA) is 54.9 Å². The molecule has 0 bridgehead atoms. The molecule has 0 unspecified atom stereocenters. The van der Waals surface area contributed by atoms with Crippen molar-refractivity contribution in [2.45, 2.75) is 46.5 Å². The molecule has 0 spiro atoms. The number of halogens is 1. The van der Waals surface area contributed by atoms with Crippen molar-refractivity contribution in [2.24, 2.45) is 5.41 Å². The van der Waals surface area contributed by atoms with Crippen LogP contribution in [0, 0.1) is 5.41 Å². The molecule has 0 saturated carbocycles. The highest BCUT2D eigenvalue weighted by molar-refractivity contribution is 9.09. The van der Waals surface area contributed by atoms with E-state index in [1.165, 1.54) is 11.5 Å². The van der Waals surface area contributed by atoms with Gasteiger partial charge in [-0.25, -0.2) is 0 Å². The maximum atomic E-state index is 12.2. The van der Waals surface area contributed by atoms with Gasteiger partial charge in [-0.05, 0) is 23.4 Å². The van der Waals surface area contributed by atoms with Crippen LogP contribution >= 0.6 is 27.5 Å². The maximum absolute atomic E-state index is 12.2. The predicted octanol–water partition coefficient (Wildman–Crippen LogP) is 3.38. The van der Waals surface area contributed by atoms with E-state index in [1.54, 1.807) is 0 Å². The summed E-state index contributed by atoms with van der Waals surface area (Å²) in [5.41, 5.74) is 0.692. The largest absolute Gasteiger partial charge is 0.351 e. The summed E-state index contributed by atoms with van der Waals surface area (Å²) in [4.78, 5) is 12.9. The molecule has 1 heterocycles. The highest BCUT2D eigenvalue weighted by atomic mass is 79.9. The number of aromatic nitrogens is 2. The van der Waals surface area contributed by atoms with Crippen LogP contribution in [0.25, 0.3) is 0 Å². The number of nitrogens with zero attached hydrogens (tertiary/aromatic N) is 2. The van der Waals surface area contributed by atoms with Crippen LogP contribution in [-0.2, 0) is 5.41 Å². The zero-order chi connectivity index (χ0) is 14.7. The summed E-state index contributed by atoms with van der Waals surface area (Å²) in [6.45, 7) is 11.0. The van der Waals surface area contributed by atoms with E-state index < -0.39 is 0 Å². The van der Waals surface area contributed by atoms with Crippen LogP contribution in [0.5, 0.6) is 0 Å². The van der Waals surface area contributed by atoms with E-state index in [0.29, 0.717) is 11.4 Å². The average molecular weight is 348 g/mol. The molecule has 1 aromatic heterocycles. The quantitative estimate of drug-likeness (QED) is 0.830. The second kappa shape index (κ2) is 6.31. The van der Waals surface area contributed by atoms with Crippen molar-refractivity contribution in [1.82, 2.24) is 14.9 Å². The molecule has 6 heteroatoms. The Kier molecular flexibility index (Phi) is 5.50. The Morgan fingerprint density at radius 1 is 1.32 bits per heavy atom. The molecule has 19 heavy (non-hydrogen) atoms. The smallest absolute Gasteiger partial charge is 0.264 e. The van der Waals surface area contributed by atoms with Crippen LogP contribution in [-0.4, -0.2) is 27.4 Å². The lowest BCUT2D eigenvalue weighted by Crippen LogP contribution is -2.35. The monoisotopic (exact) mass is 347 g/mol. The molecule has 108 valence electrons. The Bertz CT molecular complexity index is 437. The van der Waals surface area contributed by atoms with Gasteiger partial charge in [-0.3, -0.25) is 4.79 Å². The molecule has 0 aliphatic heterocycles. The molecule has 0 radical (unpaired) electrons. The van der Waals surface area contributed by atoms with Gasteiger partial charge in [-0.1, -0.05) is 55.0 Å². The van der Waals surface area contributed by atoms with Gasteiger partial charge in [-0.15, -0.1) is 5.10 Å². The van der Waals surface area contributed by atoms with E-state index in [4.69, 9.17) is 0 Å². The van der Waals surface area contributed by atoms with Gasteiger partial charge in [0, 0.05) is 17.3 Å². The fourth-order valence-corrected chi connectivity index (χ4v) is 3.44. The van der Waals surface area contributed by atoms with Crippen LogP contribution < -0.4 is 5.32 Å². The summed E-state index contributed by atoms with van der Waals surface area (Å²) in [5, 5.41) is 8.02. The number of rotatable bonds is 5. The fraction of sp³-hybridized carbons (Fsp3) is 0.769. The van der Waals surface area contributed by atoms with E-state index in [9.17, 15) is 4.79 Å². The fourth-order valence-electron chi connectivity index (χ4n) is 1.57. The van der Waals surface area contributed by atoms with Gasteiger partial charge in [0.2, 0.25) is 0 Å². The molecule has 0 fully saturated rings. The minimum atomic E-state index is -0.162. The number of hydrogen-bond acceptors (Lipinski definition) is 4. The second-order valence-electron chi connectivity index (χ2n) is 6.49. The highest BCUT2D eigenvalue weighted by Gasteiger charge is 2.27. The molecular weight excluding hydrogens is 326 g/mol.